The zero-order valence-corrected chi connectivity index (χ0v) is 17.6. The molecule has 27 heavy (non-hydrogen) atoms. The van der Waals surface area contributed by atoms with Crippen molar-refractivity contribution in [3.05, 3.63) is 40.3 Å². The summed E-state index contributed by atoms with van der Waals surface area (Å²) in [5.41, 5.74) is 2.19. The van der Waals surface area contributed by atoms with E-state index < -0.39 is 0 Å². The van der Waals surface area contributed by atoms with Gasteiger partial charge in [-0.05, 0) is 64.4 Å². The van der Waals surface area contributed by atoms with Crippen LogP contribution < -0.4 is 5.32 Å². The Morgan fingerprint density at radius 1 is 1.33 bits per heavy atom. The maximum absolute atomic E-state index is 13.3. The minimum Gasteiger partial charge on any atom is -0.334 e. The molecule has 3 heterocycles. The number of nitrogens with zero attached hydrogens (tertiary/aromatic N) is 4. The molecule has 1 fully saturated rings. The van der Waals surface area contributed by atoms with Gasteiger partial charge in [0.15, 0.2) is 5.82 Å². The Bertz CT molecular complexity index is 786. The first-order valence-electron chi connectivity index (χ1n) is 9.23. The highest BCUT2D eigenvalue weighted by atomic mass is 35.5. The van der Waals surface area contributed by atoms with Crippen LogP contribution in [0.5, 0.6) is 0 Å². The maximum atomic E-state index is 13.3. The zero-order valence-electron chi connectivity index (χ0n) is 16.0. The van der Waals surface area contributed by atoms with Crippen LogP contribution in [0.3, 0.4) is 0 Å². The topological polar surface area (TPSA) is 63.1 Å². The van der Waals surface area contributed by atoms with E-state index in [1.54, 1.807) is 16.8 Å². The van der Waals surface area contributed by atoms with Crippen molar-refractivity contribution < 1.29 is 4.79 Å². The Morgan fingerprint density at radius 2 is 2.04 bits per heavy atom. The van der Waals surface area contributed by atoms with E-state index in [2.05, 4.69) is 22.3 Å². The fraction of sp³-hybridized carbons (Fsp3) is 0.526. The summed E-state index contributed by atoms with van der Waals surface area (Å²) in [4.78, 5) is 19.8. The molecule has 3 rings (SSSR count). The Kier molecular flexibility index (Phi) is 7.65. The fourth-order valence-corrected chi connectivity index (χ4v) is 3.69. The summed E-state index contributed by atoms with van der Waals surface area (Å²) < 4.78 is 1.75. The molecule has 2 aromatic rings. The van der Waals surface area contributed by atoms with E-state index in [4.69, 9.17) is 11.6 Å². The predicted molar refractivity (Wildman–Crippen MR) is 110 cm³/mol. The number of carbonyl (C=O) groups excluding carboxylic acids is 1. The van der Waals surface area contributed by atoms with Gasteiger partial charge in [-0.2, -0.15) is 5.10 Å². The summed E-state index contributed by atoms with van der Waals surface area (Å²) in [7, 11) is 0. The van der Waals surface area contributed by atoms with Gasteiger partial charge in [0.25, 0.3) is 5.91 Å². The number of halogens is 2. The molecule has 8 heteroatoms. The molecule has 1 N–H and O–H groups in total. The third-order valence-electron chi connectivity index (χ3n) is 4.74. The number of amides is 1. The first kappa shape index (κ1) is 21.7. The number of aromatic nitrogens is 3. The molecule has 1 saturated heterocycles. The molecule has 0 bridgehead atoms. The molecule has 0 unspecified atom stereocenters. The lowest BCUT2D eigenvalue weighted by atomic mass is 10.0. The van der Waals surface area contributed by atoms with Crippen molar-refractivity contribution >= 4 is 29.9 Å². The number of hydrogen-bond donors (Lipinski definition) is 1. The van der Waals surface area contributed by atoms with Gasteiger partial charge in [-0.1, -0.05) is 18.5 Å². The van der Waals surface area contributed by atoms with Crippen molar-refractivity contribution in [3.8, 4) is 5.82 Å². The fourth-order valence-electron chi connectivity index (χ4n) is 3.51. The second kappa shape index (κ2) is 9.53. The van der Waals surface area contributed by atoms with Crippen LogP contribution in [0, 0.1) is 13.8 Å². The number of carbonyl (C=O) groups is 1. The molecule has 6 nitrogen and oxygen atoms in total. The normalized spacial score (nSPS) is 14.7. The van der Waals surface area contributed by atoms with Crippen LogP contribution in [-0.2, 0) is 0 Å². The Balaban J connectivity index is 0.00000261. The van der Waals surface area contributed by atoms with E-state index in [-0.39, 0.29) is 24.4 Å². The summed E-state index contributed by atoms with van der Waals surface area (Å²) in [6, 6.07) is 5.75. The Hall–Kier alpha value is -1.63. The molecular weight excluding hydrogens is 385 g/mol. The second-order valence-electron chi connectivity index (χ2n) is 6.82. The third kappa shape index (κ3) is 4.81. The van der Waals surface area contributed by atoms with Gasteiger partial charge in [-0.25, -0.2) is 9.67 Å². The number of aryl methyl sites for hydroxylation is 2. The number of nitrogens with one attached hydrogen (secondary N) is 1. The number of rotatable bonds is 5. The highest BCUT2D eigenvalue weighted by Crippen LogP contribution is 2.22. The first-order valence-corrected chi connectivity index (χ1v) is 9.61. The molecule has 0 aromatic carbocycles. The lowest BCUT2D eigenvalue weighted by Gasteiger charge is -2.34. The average molecular weight is 412 g/mol. The molecule has 2 aromatic heterocycles. The van der Waals surface area contributed by atoms with Gasteiger partial charge in [-0.15, -0.1) is 12.4 Å². The van der Waals surface area contributed by atoms with Gasteiger partial charge in [0.05, 0.1) is 10.7 Å². The molecule has 1 aliphatic rings. The molecule has 1 amide bonds. The van der Waals surface area contributed by atoms with E-state index in [0.717, 1.165) is 43.7 Å². The maximum Gasteiger partial charge on any atom is 0.274 e. The monoisotopic (exact) mass is 411 g/mol. The van der Waals surface area contributed by atoms with Gasteiger partial charge < -0.3 is 10.2 Å². The number of piperidine rings is 1. The largest absolute Gasteiger partial charge is 0.334 e. The predicted octanol–water partition coefficient (Wildman–Crippen LogP) is 3.56. The van der Waals surface area contributed by atoms with E-state index in [9.17, 15) is 4.79 Å². The van der Waals surface area contributed by atoms with E-state index in [1.807, 2.05) is 24.8 Å². The standard InChI is InChI=1S/C19H26ClN5O.ClH/c1-4-11-24(15-7-9-21-10-8-15)19(26)18-16(20)5-6-17(22-18)25-14(3)12-13(2)23-25;/h5-6,12,15,21H,4,7-11H2,1-3H3;1H. The summed E-state index contributed by atoms with van der Waals surface area (Å²) in [6.07, 6.45) is 2.82. The molecule has 0 spiro atoms. The molecule has 148 valence electrons. The molecule has 0 saturated carbocycles. The van der Waals surface area contributed by atoms with Crippen molar-refractivity contribution in [2.45, 2.75) is 46.1 Å². The van der Waals surface area contributed by atoms with Crippen molar-refractivity contribution in [2.75, 3.05) is 19.6 Å². The van der Waals surface area contributed by atoms with Crippen LogP contribution in [-0.4, -0.2) is 51.2 Å². The summed E-state index contributed by atoms with van der Waals surface area (Å²) in [5, 5.41) is 8.19. The van der Waals surface area contributed by atoms with Crippen LogP contribution >= 0.6 is 24.0 Å². The Morgan fingerprint density at radius 3 is 2.63 bits per heavy atom. The number of hydrogen-bond acceptors (Lipinski definition) is 4. The highest BCUT2D eigenvalue weighted by Gasteiger charge is 2.28. The number of pyridine rings is 1. The average Bonchev–Trinajstić information content (AvgIpc) is 2.98. The molecule has 1 aliphatic heterocycles. The van der Waals surface area contributed by atoms with E-state index in [0.29, 0.717) is 23.1 Å². The summed E-state index contributed by atoms with van der Waals surface area (Å²) in [5.74, 6) is 0.525. The molecule has 0 radical (unpaired) electrons. The molecule has 0 atom stereocenters. The zero-order chi connectivity index (χ0) is 18.7. The van der Waals surface area contributed by atoms with Crippen LogP contribution in [0.25, 0.3) is 5.82 Å². The SMILES string of the molecule is CCCN(C(=O)c1nc(-n2nc(C)cc2C)ccc1Cl)C1CCNCC1.Cl. The van der Waals surface area contributed by atoms with E-state index in [1.165, 1.54) is 0 Å². The van der Waals surface area contributed by atoms with Crippen molar-refractivity contribution in [3.63, 3.8) is 0 Å². The smallest absolute Gasteiger partial charge is 0.274 e. The second-order valence-corrected chi connectivity index (χ2v) is 7.23. The lowest BCUT2D eigenvalue weighted by molar-refractivity contribution is 0.0636. The van der Waals surface area contributed by atoms with Gasteiger partial charge in [0, 0.05) is 18.3 Å². The lowest BCUT2D eigenvalue weighted by Crippen LogP contribution is -2.46. The quantitative estimate of drug-likeness (QED) is 0.816. The first-order chi connectivity index (χ1) is 12.5. The molecular formula is C19H27Cl2N5O. The molecule has 0 aliphatic carbocycles. The van der Waals surface area contributed by atoms with Crippen molar-refractivity contribution in [2.24, 2.45) is 0 Å². The van der Waals surface area contributed by atoms with Gasteiger partial charge in [0.1, 0.15) is 5.69 Å². The van der Waals surface area contributed by atoms with Gasteiger partial charge >= 0.3 is 0 Å². The van der Waals surface area contributed by atoms with Crippen LogP contribution in [0.2, 0.25) is 5.02 Å². The van der Waals surface area contributed by atoms with Crippen LogP contribution in [0.4, 0.5) is 0 Å². The van der Waals surface area contributed by atoms with Gasteiger partial charge in [-0.3, -0.25) is 4.79 Å². The third-order valence-corrected chi connectivity index (χ3v) is 5.04. The minimum atomic E-state index is -0.0906. The Labute approximate surface area is 171 Å². The van der Waals surface area contributed by atoms with Crippen LogP contribution in [0.1, 0.15) is 48.1 Å². The minimum absolute atomic E-state index is 0. The van der Waals surface area contributed by atoms with E-state index >= 15 is 0 Å². The van der Waals surface area contributed by atoms with Crippen molar-refractivity contribution in [1.82, 2.24) is 25.0 Å². The van der Waals surface area contributed by atoms with Gasteiger partial charge in [0.2, 0.25) is 0 Å². The van der Waals surface area contributed by atoms with Crippen LogP contribution in [0.15, 0.2) is 18.2 Å². The summed E-state index contributed by atoms with van der Waals surface area (Å²) in [6.45, 7) is 8.58. The highest BCUT2D eigenvalue weighted by molar-refractivity contribution is 6.33. The summed E-state index contributed by atoms with van der Waals surface area (Å²) >= 11 is 6.35. The van der Waals surface area contributed by atoms with Crippen molar-refractivity contribution in [1.29, 1.82) is 0 Å².